The molecule has 0 aliphatic carbocycles. The van der Waals surface area contributed by atoms with Crippen LogP contribution in [0, 0.1) is 0 Å². The largest absolute Gasteiger partial charge is 0.467 e. The van der Waals surface area contributed by atoms with Crippen LogP contribution in [0.2, 0.25) is 0 Å². The van der Waals surface area contributed by atoms with Crippen molar-refractivity contribution in [3.05, 3.63) is 35.4 Å². The van der Waals surface area contributed by atoms with Gasteiger partial charge in [-0.2, -0.15) is 0 Å². The van der Waals surface area contributed by atoms with Gasteiger partial charge in [-0.25, -0.2) is 4.79 Å². The third-order valence-corrected chi connectivity index (χ3v) is 2.50. The van der Waals surface area contributed by atoms with Gasteiger partial charge in [0.25, 0.3) is 0 Å². The summed E-state index contributed by atoms with van der Waals surface area (Å²) in [6, 6.07) is 7.00. The number of aliphatic hydroxyl groups is 1. The number of carbonyl (C=O) groups is 1. The molecule has 2 unspecified atom stereocenters. The molecule has 0 radical (unpaired) electrons. The van der Waals surface area contributed by atoms with E-state index in [0.29, 0.717) is 5.56 Å². The summed E-state index contributed by atoms with van der Waals surface area (Å²) in [7, 11) is 2.87. The number of aliphatic hydroxyl groups excluding tert-OH is 1. The van der Waals surface area contributed by atoms with E-state index in [0.717, 1.165) is 5.56 Å². The second-order valence-corrected chi connectivity index (χ2v) is 3.47. The minimum atomic E-state index is -1.23. The van der Waals surface area contributed by atoms with Crippen molar-refractivity contribution < 1.29 is 19.4 Å². The summed E-state index contributed by atoms with van der Waals surface area (Å²) in [6.07, 6.45) is -1.23. The number of benzene rings is 1. The van der Waals surface area contributed by atoms with Crippen LogP contribution in [0.4, 0.5) is 0 Å². The molecule has 1 aromatic carbocycles. The van der Waals surface area contributed by atoms with Gasteiger partial charge < -0.3 is 14.6 Å². The number of ether oxygens (including phenoxy) is 2. The molecule has 1 aromatic rings. The maximum Gasteiger partial charge on any atom is 0.339 e. The SMILES string of the molecule is COC(=O)C(O)c1ccc(C(C)OC)cc1. The van der Waals surface area contributed by atoms with Crippen molar-refractivity contribution in [3.8, 4) is 0 Å². The van der Waals surface area contributed by atoms with Crippen molar-refractivity contribution in [2.24, 2.45) is 0 Å². The summed E-state index contributed by atoms with van der Waals surface area (Å²) in [5.41, 5.74) is 1.50. The highest BCUT2D eigenvalue weighted by atomic mass is 16.5. The van der Waals surface area contributed by atoms with Crippen molar-refractivity contribution in [1.29, 1.82) is 0 Å². The van der Waals surface area contributed by atoms with E-state index in [1.54, 1.807) is 19.2 Å². The Morgan fingerprint density at radius 2 is 1.69 bits per heavy atom. The number of carbonyl (C=O) groups excluding carboxylic acids is 1. The molecule has 0 spiro atoms. The fraction of sp³-hybridized carbons (Fsp3) is 0.417. The number of hydrogen-bond acceptors (Lipinski definition) is 4. The van der Waals surface area contributed by atoms with E-state index in [2.05, 4.69) is 4.74 Å². The Bertz CT molecular complexity index is 345. The zero-order valence-corrected chi connectivity index (χ0v) is 9.64. The standard InChI is InChI=1S/C12H16O4/c1-8(15-2)9-4-6-10(7-5-9)11(13)12(14)16-3/h4-8,11,13H,1-3H3. The fourth-order valence-electron chi connectivity index (χ4n) is 1.33. The average molecular weight is 224 g/mol. The molecule has 0 saturated carbocycles. The third kappa shape index (κ3) is 2.81. The lowest BCUT2D eigenvalue weighted by atomic mass is 10.0. The van der Waals surface area contributed by atoms with Crippen molar-refractivity contribution in [1.82, 2.24) is 0 Å². The second kappa shape index (κ2) is 5.63. The quantitative estimate of drug-likeness (QED) is 0.789. The fourth-order valence-corrected chi connectivity index (χ4v) is 1.33. The Kier molecular flexibility index (Phi) is 4.46. The summed E-state index contributed by atoms with van der Waals surface area (Å²) >= 11 is 0. The molecule has 1 rings (SSSR count). The molecule has 0 aromatic heterocycles. The van der Waals surface area contributed by atoms with Gasteiger partial charge in [-0.1, -0.05) is 24.3 Å². The van der Waals surface area contributed by atoms with Gasteiger partial charge in [-0.05, 0) is 18.1 Å². The first-order valence-corrected chi connectivity index (χ1v) is 4.98. The lowest BCUT2D eigenvalue weighted by Gasteiger charge is -2.12. The first-order chi connectivity index (χ1) is 7.60. The minimum absolute atomic E-state index is 0.00989. The lowest BCUT2D eigenvalue weighted by molar-refractivity contribution is -0.150. The van der Waals surface area contributed by atoms with E-state index in [-0.39, 0.29) is 6.10 Å². The normalized spacial score (nSPS) is 14.2. The molecule has 0 amide bonds. The van der Waals surface area contributed by atoms with Gasteiger partial charge in [0.05, 0.1) is 13.2 Å². The van der Waals surface area contributed by atoms with Gasteiger partial charge in [-0.15, -0.1) is 0 Å². The Labute approximate surface area is 94.8 Å². The van der Waals surface area contributed by atoms with Crippen LogP contribution in [0.3, 0.4) is 0 Å². The van der Waals surface area contributed by atoms with Crippen molar-refractivity contribution in [2.45, 2.75) is 19.1 Å². The number of rotatable bonds is 4. The van der Waals surface area contributed by atoms with E-state index in [1.807, 2.05) is 19.1 Å². The highest BCUT2D eigenvalue weighted by molar-refractivity contribution is 5.76. The van der Waals surface area contributed by atoms with Crippen LogP contribution >= 0.6 is 0 Å². The van der Waals surface area contributed by atoms with E-state index in [9.17, 15) is 9.90 Å². The van der Waals surface area contributed by atoms with Crippen LogP contribution in [0.15, 0.2) is 24.3 Å². The van der Waals surface area contributed by atoms with Gasteiger partial charge in [0.1, 0.15) is 0 Å². The zero-order valence-electron chi connectivity index (χ0n) is 9.64. The van der Waals surface area contributed by atoms with Gasteiger partial charge in [-0.3, -0.25) is 0 Å². The maximum atomic E-state index is 11.1. The highest BCUT2D eigenvalue weighted by Gasteiger charge is 2.17. The summed E-state index contributed by atoms with van der Waals surface area (Å²) in [5.74, 6) is -0.660. The second-order valence-electron chi connectivity index (χ2n) is 3.47. The predicted octanol–water partition coefficient (Wildman–Crippen LogP) is 1.60. The van der Waals surface area contributed by atoms with Gasteiger partial charge in [0.15, 0.2) is 6.10 Å². The summed E-state index contributed by atoms with van der Waals surface area (Å²) in [6.45, 7) is 1.92. The topological polar surface area (TPSA) is 55.8 Å². The lowest BCUT2D eigenvalue weighted by Crippen LogP contribution is -2.13. The number of esters is 1. The van der Waals surface area contributed by atoms with Gasteiger partial charge in [0.2, 0.25) is 0 Å². The first kappa shape index (κ1) is 12.7. The molecular weight excluding hydrogens is 208 g/mol. The van der Waals surface area contributed by atoms with Gasteiger partial charge in [0, 0.05) is 7.11 Å². The van der Waals surface area contributed by atoms with E-state index < -0.39 is 12.1 Å². The molecule has 16 heavy (non-hydrogen) atoms. The third-order valence-electron chi connectivity index (χ3n) is 2.50. The molecular formula is C12H16O4. The molecule has 2 atom stereocenters. The monoisotopic (exact) mass is 224 g/mol. The van der Waals surface area contributed by atoms with Crippen LogP contribution in [0.25, 0.3) is 0 Å². The van der Waals surface area contributed by atoms with Gasteiger partial charge >= 0.3 is 5.97 Å². The Morgan fingerprint density at radius 1 is 1.19 bits per heavy atom. The van der Waals surface area contributed by atoms with Crippen molar-refractivity contribution >= 4 is 5.97 Å². The Hall–Kier alpha value is -1.39. The van der Waals surface area contributed by atoms with Crippen LogP contribution in [-0.2, 0) is 14.3 Å². The summed E-state index contributed by atoms with van der Waals surface area (Å²) < 4.78 is 9.60. The van der Waals surface area contributed by atoms with E-state index in [4.69, 9.17) is 4.74 Å². The maximum absolute atomic E-state index is 11.1. The molecule has 0 bridgehead atoms. The molecule has 0 saturated heterocycles. The Balaban J connectivity index is 2.82. The van der Waals surface area contributed by atoms with Crippen LogP contribution in [0.5, 0.6) is 0 Å². The van der Waals surface area contributed by atoms with Crippen LogP contribution < -0.4 is 0 Å². The molecule has 88 valence electrons. The molecule has 0 fully saturated rings. The molecule has 1 N–H and O–H groups in total. The van der Waals surface area contributed by atoms with Crippen molar-refractivity contribution in [3.63, 3.8) is 0 Å². The first-order valence-electron chi connectivity index (χ1n) is 4.98. The minimum Gasteiger partial charge on any atom is -0.467 e. The van der Waals surface area contributed by atoms with E-state index in [1.165, 1.54) is 7.11 Å². The summed E-state index contributed by atoms with van der Waals surface area (Å²) in [4.78, 5) is 11.1. The number of hydrogen-bond donors (Lipinski definition) is 1. The summed E-state index contributed by atoms with van der Waals surface area (Å²) in [5, 5.41) is 9.57. The molecule has 4 nitrogen and oxygen atoms in total. The van der Waals surface area contributed by atoms with Crippen LogP contribution in [-0.4, -0.2) is 25.3 Å². The predicted molar refractivity (Wildman–Crippen MR) is 58.8 cm³/mol. The van der Waals surface area contributed by atoms with Crippen LogP contribution in [0.1, 0.15) is 30.3 Å². The molecule has 0 aliphatic heterocycles. The van der Waals surface area contributed by atoms with Crippen molar-refractivity contribution in [2.75, 3.05) is 14.2 Å². The highest BCUT2D eigenvalue weighted by Crippen LogP contribution is 2.20. The molecule has 0 heterocycles. The molecule has 0 aliphatic rings. The zero-order chi connectivity index (χ0) is 12.1. The Morgan fingerprint density at radius 3 is 2.12 bits per heavy atom. The smallest absolute Gasteiger partial charge is 0.339 e. The average Bonchev–Trinajstić information content (AvgIpc) is 2.36. The number of methoxy groups -OCH3 is 2. The van der Waals surface area contributed by atoms with E-state index >= 15 is 0 Å². The molecule has 4 heteroatoms.